The highest BCUT2D eigenvalue weighted by molar-refractivity contribution is 5.94. The zero-order valence-electron chi connectivity index (χ0n) is 46.3. The summed E-state index contributed by atoms with van der Waals surface area (Å²) in [5.41, 5.74) is 2.20. The van der Waals surface area contributed by atoms with Crippen molar-refractivity contribution < 1.29 is 66.9 Å². The second-order valence-electron chi connectivity index (χ2n) is 20.4. The third-order valence-electron chi connectivity index (χ3n) is 12.9. The molecular weight excluding hydrogens is 1020 g/mol. The number of aldehydes is 2. The molecular formula is C56H79N9O14. The van der Waals surface area contributed by atoms with Gasteiger partial charge in [0, 0.05) is 89.2 Å². The van der Waals surface area contributed by atoms with E-state index in [1.54, 1.807) is 43.0 Å². The van der Waals surface area contributed by atoms with Gasteiger partial charge in [0.05, 0.1) is 43.9 Å². The Balaban J connectivity index is 1.12. The number of nitrogens with one attached hydrogen (secondary N) is 6. The van der Waals surface area contributed by atoms with Crippen LogP contribution in [0.15, 0.2) is 66.8 Å². The van der Waals surface area contributed by atoms with E-state index in [0.29, 0.717) is 75.3 Å². The Morgan fingerprint density at radius 2 is 1.61 bits per heavy atom. The maximum absolute atomic E-state index is 13.2. The van der Waals surface area contributed by atoms with Gasteiger partial charge in [0.1, 0.15) is 37.6 Å². The van der Waals surface area contributed by atoms with Crippen molar-refractivity contribution in [2.75, 3.05) is 91.1 Å². The fourth-order valence-corrected chi connectivity index (χ4v) is 8.15. The molecule has 2 fully saturated rings. The van der Waals surface area contributed by atoms with Crippen molar-refractivity contribution >= 4 is 66.2 Å². The van der Waals surface area contributed by atoms with Crippen LogP contribution >= 0.6 is 0 Å². The Bertz CT molecular complexity index is 2420. The van der Waals surface area contributed by atoms with Crippen molar-refractivity contribution in [1.29, 1.82) is 0 Å². The van der Waals surface area contributed by atoms with Crippen LogP contribution in [0.1, 0.15) is 83.1 Å². The van der Waals surface area contributed by atoms with E-state index in [9.17, 15) is 47.9 Å². The second kappa shape index (κ2) is 33.7. The second-order valence-corrected chi connectivity index (χ2v) is 20.4. The van der Waals surface area contributed by atoms with Crippen molar-refractivity contribution in [1.82, 2.24) is 41.3 Å². The summed E-state index contributed by atoms with van der Waals surface area (Å²) in [6, 6.07) is 12.6. The number of anilines is 1. The Morgan fingerprint density at radius 3 is 2.30 bits per heavy atom. The van der Waals surface area contributed by atoms with Gasteiger partial charge in [-0.05, 0) is 80.4 Å². The summed E-state index contributed by atoms with van der Waals surface area (Å²) in [5, 5.41) is 15.7. The minimum Gasteiger partial charge on any atom is -0.491 e. The van der Waals surface area contributed by atoms with E-state index in [1.807, 2.05) is 13.8 Å². The highest BCUT2D eigenvalue weighted by Gasteiger charge is 2.43. The van der Waals surface area contributed by atoms with Gasteiger partial charge < -0.3 is 65.4 Å². The lowest BCUT2D eigenvalue weighted by molar-refractivity contribution is -0.132. The SMILES string of the molecule is CC(C)C[C@@H](C=O)NC(=O)C(C)(C)CNC(=O)CNC(=O)/C=C/CC[C@H](C)[C@H]1O[C@@H]1c1ccc(CN2CCN(C(=O)OCc3ccc(NC(=O)CNC=O)cc3OCCOCCNC(=O)CCN(C)C(=O)/C=C\C=O)CC2)cc1. The molecule has 4 atom stereocenters. The number of allylic oxidation sites excluding steroid dienone is 2. The number of hydrogen-bond donors (Lipinski definition) is 6. The summed E-state index contributed by atoms with van der Waals surface area (Å²) in [7, 11) is 1.53. The summed E-state index contributed by atoms with van der Waals surface area (Å²) in [5.74, 6) is -1.49. The molecule has 0 aromatic heterocycles. The van der Waals surface area contributed by atoms with Gasteiger partial charge in [0.2, 0.25) is 41.9 Å². The number of hydrogen-bond acceptors (Lipinski definition) is 15. The first-order valence-electron chi connectivity index (χ1n) is 26.6. The molecule has 2 aliphatic rings. The van der Waals surface area contributed by atoms with Crippen LogP contribution in [0.2, 0.25) is 0 Å². The molecule has 432 valence electrons. The quantitative estimate of drug-likeness (QED) is 0.0250. The van der Waals surface area contributed by atoms with Crippen LogP contribution in [-0.2, 0) is 70.5 Å². The van der Waals surface area contributed by atoms with E-state index >= 15 is 0 Å². The number of carbonyl (C=O) groups excluding carboxylic acids is 10. The van der Waals surface area contributed by atoms with Crippen molar-refractivity contribution in [3.05, 3.63) is 83.5 Å². The van der Waals surface area contributed by atoms with Crippen molar-refractivity contribution in [3.63, 3.8) is 0 Å². The molecule has 6 N–H and O–H groups in total. The van der Waals surface area contributed by atoms with Crippen molar-refractivity contribution in [2.24, 2.45) is 17.3 Å². The molecule has 2 aromatic carbocycles. The van der Waals surface area contributed by atoms with Gasteiger partial charge in [-0.25, -0.2) is 4.79 Å². The third kappa shape index (κ3) is 24.0. The number of carbonyl (C=O) groups is 10. The minimum atomic E-state index is -0.961. The Kier molecular flexibility index (Phi) is 27.3. The standard InChI is InChI=1S/C56H79N9O14/c1-39(2)30-45(35-67)62-54(74)56(4,5)37-60-49(71)33-59-47(69)11-8-7-10-40(3)52-53(79-52)42-15-13-41(14-16-42)34-64-22-24-65(25-23-64)55(75)78-36-43-17-18-44(61-50(72)32-57-38-68)31-46(43)77-29-28-76-27-20-58-48(70)19-21-63(6)51(73)12-9-26-66/h8-9,11-18,26,31,35,38-40,45,52-53H,7,10,19-25,27-30,32-34,36-37H2,1-6H3,(H,57,68)(H,58,70)(H,59,69)(H,60,71)(H,61,72)(H,62,74)/b11-8+,12-9-/t40-,45-,52+,53+/m0/s1. The molecule has 23 nitrogen and oxygen atoms in total. The zero-order chi connectivity index (χ0) is 57.7. The first kappa shape index (κ1) is 64.0. The van der Waals surface area contributed by atoms with Crippen LogP contribution in [0.5, 0.6) is 5.75 Å². The summed E-state index contributed by atoms with van der Waals surface area (Å²) >= 11 is 0. The number of piperazine rings is 1. The molecule has 8 amide bonds. The number of amides is 8. The largest absolute Gasteiger partial charge is 0.491 e. The van der Waals surface area contributed by atoms with Gasteiger partial charge in [-0.15, -0.1) is 0 Å². The summed E-state index contributed by atoms with van der Waals surface area (Å²) < 4.78 is 23.4. The van der Waals surface area contributed by atoms with E-state index in [0.717, 1.165) is 36.0 Å². The third-order valence-corrected chi connectivity index (χ3v) is 12.9. The van der Waals surface area contributed by atoms with Gasteiger partial charge in [0.15, 0.2) is 0 Å². The molecule has 0 unspecified atom stereocenters. The molecule has 79 heavy (non-hydrogen) atoms. The van der Waals surface area contributed by atoms with E-state index in [-0.39, 0.29) is 101 Å². The molecule has 0 bridgehead atoms. The average Bonchev–Trinajstić information content (AvgIpc) is 4.34. The Hall–Kier alpha value is -7.50. The predicted octanol–water partition coefficient (Wildman–Crippen LogP) is 2.34. The molecule has 2 aromatic rings. The maximum Gasteiger partial charge on any atom is 0.410 e. The highest BCUT2D eigenvalue weighted by Crippen LogP contribution is 2.44. The number of likely N-dealkylation sites (N-methyl/N-ethyl adjacent to an activating group) is 1. The van der Waals surface area contributed by atoms with E-state index in [2.05, 4.69) is 68.0 Å². The number of benzene rings is 2. The average molecular weight is 1100 g/mol. The van der Waals surface area contributed by atoms with E-state index in [4.69, 9.17) is 18.9 Å². The molecule has 0 saturated carbocycles. The smallest absolute Gasteiger partial charge is 0.410 e. The first-order valence-corrected chi connectivity index (χ1v) is 26.6. The van der Waals surface area contributed by atoms with E-state index < -0.39 is 41.2 Å². The van der Waals surface area contributed by atoms with E-state index in [1.165, 1.54) is 18.0 Å². The fourth-order valence-electron chi connectivity index (χ4n) is 8.15. The Morgan fingerprint density at radius 1 is 0.861 bits per heavy atom. The van der Waals surface area contributed by atoms with Crippen LogP contribution < -0.4 is 36.6 Å². The van der Waals surface area contributed by atoms with Crippen LogP contribution in [0.3, 0.4) is 0 Å². The lowest BCUT2D eigenvalue weighted by Crippen LogP contribution is -2.49. The van der Waals surface area contributed by atoms with Crippen molar-refractivity contribution in [3.8, 4) is 5.75 Å². The molecule has 0 spiro atoms. The number of epoxide rings is 1. The van der Waals surface area contributed by atoms with Gasteiger partial charge in [-0.2, -0.15) is 0 Å². The topological polar surface area (TPSA) is 293 Å². The molecule has 0 radical (unpaired) electrons. The molecule has 0 aliphatic carbocycles. The van der Waals surface area contributed by atoms with Gasteiger partial charge >= 0.3 is 6.09 Å². The highest BCUT2D eigenvalue weighted by atomic mass is 16.6. The zero-order valence-corrected chi connectivity index (χ0v) is 46.3. The number of nitrogens with zero attached hydrogens (tertiary/aromatic N) is 3. The van der Waals surface area contributed by atoms with Crippen LogP contribution in [0, 0.1) is 17.3 Å². The number of rotatable bonds is 35. The number of ether oxygens (including phenoxy) is 4. The lowest BCUT2D eigenvalue weighted by Gasteiger charge is -2.34. The molecule has 2 saturated heterocycles. The van der Waals surface area contributed by atoms with Gasteiger partial charge in [0.25, 0.3) is 0 Å². The fraction of sp³-hybridized carbons (Fsp3) is 0.536. The molecule has 2 aliphatic heterocycles. The van der Waals surface area contributed by atoms with Crippen LogP contribution in [0.4, 0.5) is 10.5 Å². The predicted molar refractivity (Wildman–Crippen MR) is 292 cm³/mol. The maximum atomic E-state index is 13.2. The normalized spacial score (nSPS) is 16.1. The first-order chi connectivity index (χ1) is 37.8. The van der Waals surface area contributed by atoms with Gasteiger partial charge in [-0.3, -0.25) is 43.3 Å². The lowest BCUT2D eigenvalue weighted by atomic mass is 9.91. The monoisotopic (exact) mass is 1100 g/mol. The van der Waals surface area contributed by atoms with Crippen LogP contribution in [0.25, 0.3) is 0 Å². The molecule has 2 heterocycles. The molecule has 4 rings (SSSR count). The van der Waals surface area contributed by atoms with Gasteiger partial charge in [-0.1, -0.05) is 51.1 Å². The Labute approximate surface area is 462 Å². The summed E-state index contributed by atoms with van der Waals surface area (Å²) in [6.07, 6.45) is 8.64. The summed E-state index contributed by atoms with van der Waals surface area (Å²) in [6.45, 7) is 12.6. The van der Waals surface area contributed by atoms with Crippen molar-refractivity contribution in [2.45, 2.75) is 91.7 Å². The minimum absolute atomic E-state index is 0.0114. The summed E-state index contributed by atoms with van der Waals surface area (Å²) in [4.78, 5) is 125. The molecule has 23 heteroatoms. The van der Waals surface area contributed by atoms with Crippen LogP contribution in [-0.4, -0.2) is 173 Å².